The zero-order valence-corrected chi connectivity index (χ0v) is 15.6. The molecule has 0 spiro atoms. The number of hydrogen-bond acceptors (Lipinski definition) is 6. The van der Waals surface area contributed by atoms with Gasteiger partial charge in [0, 0.05) is 43.0 Å². The lowest BCUT2D eigenvalue weighted by Crippen LogP contribution is -2.22. The normalized spacial score (nSPS) is 10.1. The topological polar surface area (TPSA) is 119 Å². The fraction of sp³-hybridized carbons (Fsp3) is 0.211. The third kappa shape index (κ3) is 4.91. The van der Waals surface area contributed by atoms with Crippen LogP contribution >= 0.6 is 0 Å². The maximum Gasteiger partial charge on any atom is 0.338 e. The lowest BCUT2D eigenvalue weighted by Gasteiger charge is -2.12. The molecule has 0 unspecified atom stereocenters. The van der Waals surface area contributed by atoms with E-state index in [0.29, 0.717) is 11.3 Å². The van der Waals surface area contributed by atoms with Crippen LogP contribution in [0.25, 0.3) is 0 Å². The molecule has 0 saturated heterocycles. The number of esters is 1. The molecule has 0 aliphatic rings. The minimum Gasteiger partial charge on any atom is -0.462 e. The summed E-state index contributed by atoms with van der Waals surface area (Å²) in [4.78, 5) is 48.3. The highest BCUT2D eigenvalue weighted by Crippen LogP contribution is 2.20. The van der Waals surface area contributed by atoms with Crippen LogP contribution in [-0.4, -0.2) is 48.3 Å². The summed E-state index contributed by atoms with van der Waals surface area (Å²) in [5.41, 5.74) is 0.113. The highest BCUT2D eigenvalue weighted by atomic mass is 16.6. The van der Waals surface area contributed by atoms with E-state index in [-0.39, 0.29) is 23.6 Å². The molecule has 0 bridgehead atoms. The molecule has 0 saturated carbocycles. The van der Waals surface area contributed by atoms with Crippen molar-refractivity contribution in [1.29, 1.82) is 0 Å². The summed E-state index contributed by atoms with van der Waals surface area (Å²) in [6, 6.07) is 9.60. The number of amides is 2. The van der Waals surface area contributed by atoms with Crippen molar-refractivity contribution in [3.8, 4) is 0 Å². The van der Waals surface area contributed by atoms with Gasteiger partial charge in [-0.15, -0.1) is 0 Å². The standard InChI is InChI=1S/C19H19N3O6/c1-4-28-19(25)14-8-13(10-16(11-14)22(26)27)17(23)20-15-7-5-6-12(9-15)18(24)21(2)3/h5-11H,4H2,1-3H3,(H,20,23). The molecule has 0 radical (unpaired) electrons. The summed E-state index contributed by atoms with van der Waals surface area (Å²) in [5, 5.41) is 13.7. The fourth-order valence-electron chi connectivity index (χ4n) is 2.37. The number of nitro groups is 1. The van der Waals surface area contributed by atoms with Gasteiger partial charge in [0.1, 0.15) is 0 Å². The van der Waals surface area contributed by atoms with Gasteiger partial charge in [-0.05, 0) is 31.2 Å². The van der Waals surface area contributed by atoms with Crippen LogP contribution in [0.2, 0.25) is 0 Å². The lowest BCUT2D eigenvalue weighted by molar-refractivity contribution is -0.384. The summed E-state index contributed by atoms with van der Waals surface area (Å²) in [6.45, 7) is 1.70. The Morgan fingerprint density at radius 2 is 1.75 bits per heavy atom. The Bertz CT molecular complexity index is 939. The van der Waals surface area contributed by atoms with Gasteiger partial charge in [-0.25, -0.2) is 4.79 Å². The van der Waals surface area contributed by atoms with Crippen molar-refractivity contribution in [2.75, 3.05) is 26.0 Å². The Morgan fingerprint density at radius 1 is 1.07 bits per heavy atom. The number of nitrogens with zero attached hydrogens (tertiary/aromatic N) is 2. The zero-order chi connectivity index (χ0) is 20.8. The Balaban J connectivity index is 2.33. The summed E-state index contributed by atoms with van der Waals surface area (Å²) in [7, 11) is 3.21. The Hall–Kier alpha value is -3.75. The third-order valence-corrected chi connectivity index (χ3v) is 3.68. The molecule has 0 aliphatic heterocycles. The Kier molecular flexibility index (Phi) is 6.43. The number of benzene rings is 2. The average Bonchev–Trinajstić information content (AvgIpc) is 2.67. The van der Waals surface area contributed by atoms with Crippen molar-refractivity contribution in [3.63, 3.8) is 0 Å². The van der Waals surface area contributed by atoms with Crippen LogP contribution in [0.3, 0.4) is 0 Å². The van der Waals surface area contributed by atoms with Crippen molar-refractivity contribution < 1.29 is 24.0 Å². The Morgan fingerprint density at radius 3 is 2.36 bits per heavy atom. The van der Waals surface area contributed by atoms with Crippen molar-refractivity contribution in [3.05, 3.63) is 69.3 Å². The molecule has 0 aromatic heterocycles. The third-order valence-electron chi connectivity index (χ3n) is 3.68. The molecular weight excluding hydrogens is 366 g/mol. The molecule has 0 atom stereocenters. The predicted octanol–water partition coefficient (Wildman–Crippen LogP) is 2.73. The largest absolute Gasteiger partial charge is 0.462 e. The number of nitro benzene ring substituents is 1. The van der Waals surface area contributed by atoms with E-state index in [9.17, 15) is 24.5 Å². The molecule has 0 fully saturated rings. The van der Waals surface area contributed by atoms with Gasteiger partial charge in [0.25, 0.3) is 17.5 Å². The Labute approximate surface area is 161 Å². The van der Waals surface area contributed by atoms with Gasteiger partial charge in [0.05, 0.1) is 17.1 Å². The molecule has 28 heavy (non-hydrogen) atoms. The summed E-state index contributed by atoms with van der Waals surface area (Å²) in [5.74, 6) is -1.67. The van der Waals surface area contributed by atoms with E-state index in [2.05, 4.69) is 5.32 Å². The highest BCUT2D eigenvalue weighted by molar-refractivity contribution is 6.07. The maximum absolute atomic E-state index is 12.6. The molecule has 0 aliphatic carbocycles. The van der Waals surface area contributed by atoms with E-state index in [1.54, 1.807) is 39.2 Å². The number of hydrogen-bond donors (Lipinski definition) is 1. The molecule has 2 aromatic rings. The van der Waals surface area contributed by atoms with Crippen LogP contribution < -0.4 is 5.32 Å². The van der Waals surface area contributed by atoms with Crippen LogP contribution in [0.5, 0.6) is 0 Å². The van der Waals surface area contributed by atoms with E-state index in [1.165, 1.54) is 17.0 Å². The van der Waals surface area contributed by atoms with E-state index in [0.717, 1.165) is 12.1 Å². The molecule has 9 heteroatoms. The van der Waals surface area contributed by atoms with Gasteiger partial charge in [0.15, 0.2) is 0 Å². The smallest absolute Gasteiger partial charge is 0.338 e. The molecule has 0 heterocycles. The van der Waals surface area contributed by atoms with Crippen molar-refractivity contribution >= 4 is 29.2 Å². The van der Waals surface area contributed by atoms with Crippen molar-refractivity contribution in [2.45, 2.75) is 6.92 Å². The number of anilines is 1. The van der Waals surface area contributed by atoms with Gasteiger partial charge in [-0.2, -0.15) is 0 Å². The first-order valence-electron chi connectivity index (χ1n) is 8.32. The molecule has 9 nitrogen and oxygen atoms in total. The van der Waals surface area contributed by atoms with E-state index >= 15 is 0 Å². The van der Waals surface area contributed by atoms with Gasteiger partial charge >= 0.3 is 5.97 Å². The fourth-order valence-corrected chi connectivity index (χ4v) is 2.37. The number of non-ortho nitro benzene ring substituents is 1. The lowest BCUT2D eigenvalue weighted by atomic mass is 10.1. The average molecular weight is 385 g/mol. The molecular formula is C19H19N3O6. The van der Waals surface area contributed by atoms with Crippen LogP contribution in [0.1, 0.15) is 38.0 Å². The van der Waals surface area contributed by atoms with E-state index in [4.69, 9.17) is 4.74 Å². The first-order valence-corrected chi connectivity index (χ1v) is 8.32. The van der Waals surface area contributed by atoms with Crippen LogP contribution in [0.4, 0.5) is 11.4 Å². The van der Waals surface area contributed by atoms with Crippen LogP contribution in [0, 0.1) is 10.1 Å². The summed E-state index contributed by atoms with van der Waals surface area (Å²) >= 11 is 0. The minimum absolute atomic E-state index is 0.0819. The highest BCUT2D eigenvalue weighted by Gasteiger charge is 2.19. The van der Waals surface area contributed by atoms with Gasteiger partial charge < -0.3 is 15.0 Å². The molecule has 2 amide bonds. The second kappa shape index (κ2) is 8.76. The van der Waals surface area contributed by atoms with Crippen molar-refractivity contribution in [2.24, 2.45) is 0 Å². The van der Waals surface area contributed by atoms with Gasteiger partial charge in [-0.3, -0.25) is 19.7 Å². The number of ether oxygens (including phenoxy) is 1. The SMILES string of the molecule is CCOC(=O)c1cc(C(=O)Nc2cccc(C(=O)N(C)C)c2)cc([N+](=O)[O-])c1. The number of carbonyl (C=O) groups is 3. The molecule has 146 valence electrons. The van der Waals surface area contributed by atoms with E-state index in [1.807, 2.05) is 0 Å². The molecule has 2 rings (SSSR count). The van der Waals surface area contributed by atoms with Crippen LogP contribution in [0.15, 0.2) is 42.5 Å². The number of rotatable bonds is 6. The monoisotopic (exact) mass is 385 g/mol. The second-order valence-corrected chi connectivity index (χ2v) is 5.98. The maximum atomic E-state index is 12.6. The van der Waals surface area contributed by atoms with Crippen LogP contribution in [-0.2, 0) is 4.74 Å². The zero-order valence-electron chi connectivity index (χ0n) is 15.6. The number of nitrogens with one attached hydrogen (secondary N) is 1. The minimum atomic E-state index is -0.765. The van der Waals surface area contributed by atoms with Gasteiger partial charge in [0.2, 0.25) is 0 Å². The predicted molar refractivity (Wildman–Crippen MR) is 101 cm³/mol. The van der Waals surface area contributed by atoms with Gasteiger partial charge in [-0.1, -0.05) is 6.07 Å². The molecule has 1 N–H and O–H groups in total. The van der Waals surface area contributed by atoms with Crippen molar-refractivity contribution in [1.82, 2.24) is 4.90 Å². The quantitative estimate of drug-likeness (QED) is 0.464. The van der Waals surface area contributed by atoms with E-state index < -0.39 is 22.5 Å². The summed E-state index contributed by atoms with van der Waals surface area (Å²) in [6.07, 6.45) is 0. The first-order chi connectivity index (χ1) is 13.2. The number of carbonyl (C=O) groups excluding carboxylic acids is 3. The first kappa shape index (κ1) is 20.6. The second-order valence-electron chi connectivity index (χ2n) is 5.98. The summed E-state index contributed by atoms with van der Waals surface area (Å²) < 4.78 is 4.84. The molecule has 2 aromatic carbocycles.